The van der Waals surface area contributed by atoms with E-state index in [1.165, 1.54) is 5.57 Å². The van der Waals surface area contributed by atoms with Crippen molar-refractivity contribution in [2.24, 2.45) is 11.3 Å². The van der Waals surface area contributed by atoms with Crippen molar-refractivity contribution in [3.05, 3.63) is 23.3 Å². The van der Waals surface area contributed by atoms with Crippen LogP contribution in [0.4, 0.5) is 0 Å². The van der Waals surface area contributed by atoms with Gasteiger partial charge in [-0.25, -0.2) is 0 Å². The predicted octanol–water partition coefficient (Wildman–Crippen LogP) is 3.07. The SMILES string of the molecule is CC1=CC[C@H]2C[C@@]34CCCCC3=C[C@](O)(O4)[C@]1(O)C2(C)C. The first kappa shape index (κ1) is 14.0. The van der Waals surface area contributed by atoms with Crippen LogP contribution in [0.2, 0.25) is 0 Å². The van der Waals surface area contributed by atoms with Crippen molar-refractivity contribution >= 4 is 0 Å². The van der Waals surface area contributed by atoms with Crippen LogP contribution in [0.1, 0.15) is 59.3 Å². The third kappa shape index (κ3) is 1.41. The van der Waals surface area contributed by atoms with E-state index in [1.807, 2.05) is 13.0 Å². The molecule has 4 bridgehead atoms. The maximum absolute atomic E-state index is 11.6. The summed E-state index contributed by atoms with van der Waals surface area (Å²) in [4.78, 5) is 0. The molecule has 2 aliphatic heterocycles. The molecule has 0 aromatic carbocycles. The first-order chi connectivity index (χ1) is 9.75. The van der Waals surface area contributed by atoms with Gasteiger partial charge in [0.05, 0.1) is 5.60 Å². The Morgan fingerprint density at radius 1 is 1.24 bits per heavy atom. The average molecular weight is 290 g/mol. The summed E-state index contributed by atoms with van der Waals surface area (Å²) >= 11 is 0. The van der Waals surface area contributed by atoms with Crippen LogP contribution in [0.3, 0.4) is 0 Å². The van der Waals surface area contributed by atoms with Crippen LogP contribution in [0.25, 0.3) is 0 Å². The molecule has 0 aromatic heterocycles. The number of allylic oxidation sites excluding steroid dienone is 1. The summed E-state index contributed by atoms with van der Waals surface area (Å²) in [6.45, 7) is 6.10. The van der Waals surface area contributed by atoms with Gasteiger partial charge in [-0.05, 0) is 68.6 Å². The fraction of sp³-hybridized carbons (Fsp3) is 0.778. The van der Waals surface area contributed by atoms with Crippen molar-refractivity contribution in [1.29, 1.82) is 0 Å². The summed E-state index contributed by atoms with van der Waals surface area (Å²) in [7, 11) is 0. The summed E-state index contributed by atoms with van der Waals surface area (Å²) in [6, 6.07) is 0. The lowest BCUT2D eigenvalue weighted by molar-refractivity contribution is -0.297. The molecule has 4 aliphatic rings. The second-order valence-electron chi connectivity index (χ2n) is 8.13. The van der Waals surface area contributed by atoms with Gasteiger partial charge in [-0.3, -0.25) is 0 Å². The first-order valence-electron chi connectivity index (χ1n) is 8.30. The highest BCUT2D eigenvalue weighted by Gasteiger charge is 2.70. The highest BCUT2D eigenvalue weighted by atomic mass is 16.7. The van der Waals surface area contributed by atoms with Gasteiger partial charge in [0.1, 0.15) is 5.60 Å². The molecule has 2 N–H and O–H groups in total. The van der Waals surface area contributed by atoms with Crippen molar-refractivity contribution in [3.8, 4) is 0 Å². The van der Waals surface area contributed by atoms with Crippen LogP contribution in [-0.4, -0.2) is 27.2 Å². The van der Waals surface area contributed by atoms with E-state index in [2.05, 4.69) is 19.9 Å². The second kappa shape index (κ2) is 3.81. The zero-order valence-electron chi connectivity index (χ0n) is 13.3. The van der Waals surface area contributed by atoms with E-state index in [0.717, 1.165) is 44.1 Å². The number of ether oxygens (including phenoxy) is 1. The van der Waals surface area contributed by atoms with E-state index in [1.54, 1.807) is 0 Å². The molecule has 2 aliphatic carbocycles. The molecule has 0 amide bonds. The van der Waals surface area contributed by atoms with Crippen molar-refractivity contribution in [2.75, 3.05) is 0 Å². The predicted molar refractivity (Wildman–Crippen MR) is 80.5 cm³/mol. The average Bonchev–Trinajstić information content (AvgIpc) is 2.72. The van der Waals surface area contributed by atoms with Crippen molar-refractivity contribution < 1.29 is 14.9 Å². The molecule has 3 heteroatoms. The largest absolute Gasteiger partial charge is 0.379 e. The van der Waals surface area contributed by atoms with Crippen LogP contribution in [-0.2, 0) is 4.74 Å². The molecular weight excluding hydrogens is 264 g/mol. The second-order valence-corrected chi connectivity index (χ2v) is 8.13. The Bertz CT molecular complexity index is 561. The van der Waals surface area contributed by atoms with Crippen molar-refractivity contribution in [2.45, 2.75) is 76.3 Å². The maximum atomic E-state index is 11.6. The van der Waals surface area contributed by atoms with Gasteiger partial charge in [0.25, 0.3) is 0 Å². The monoisotopic (exact) mass is 290 g/mol. The normalized spacial score (nSPS) is 50.8. The lowest BCUT2D eigenvalue weighted by Gasteiger charge is -2.54. The molecule has 116 valence electrons. The Balaban J connectivity index is 1.97. The lowest BCUT2D eigenvalue weighted by Crippen LogP contribution is -2.64. The van der Waals surface area contributed by atoms with E-state index >= 15 is 0 Å². The summed E-state index contributed by atoms with van der Waals surface area (Å²) in [6.07, 6.45) is 10.1. The summed E-state index contributed by atoms with van der Waals surface area (Å²) in [5.41, 5.74) is 0.00161. The molecule has 1 saturated carbocycles. The fourth-order valence-corrected chi connectivity index (χ4v) is 5.50. The zero-order chi connectivity index (χ0) is 15.1. The number of aliphatic hydroxyl groups is 2. The maximum Gasteiger partial charge on any atom is 0.220 e. The Hall–Kier alpha value is -0.640. The topological polar surface area (TPSA) is 49.7 Å². The molecule has 0 aromatic rings. The van der Waals surface area contributed by atoms with Crippen LogP contribution in [0, 0.1) is 11.3 Å². The quantitative estimate of drug-likeness (QED) is 0.674. The van der Waals surface area contributed by atoms with Gasteiger partial charge in [-0.2, -0.15) is 0 Å². The minimum Gasteiger partial charge on any atom is -0.379 e. The highest BCUT2D eigenvalue weighted by molar-refractivity contribution is 5.41. The van der Waals surface area contributed by atoms with E-state index in [-0.39, 0.29) is 5.60 Å². The Morgan fingerprint density at radius 2 is 2.00 bits per heavy atom. The molecular formula is C18H26O3. The number of rotatable bonds is 0. The van der Waals surface area contributed by atoms with Crippen LogP contribution in [0.5, 0.6) is 0 Å². The number of fused-ring (bicyclic) bond motifs is 4. The number of hydrogen-bond donors (Lipinski definition) is 2. The Morgan fingerprint density at radius 3 is 2.76 bits per heavy atom. The molecule has 1 spiro atoms. The van der Waals surface area contributed by atoms with Gasteiger partial charge >= 0.3 is 0 Å². The van der Waals surface area contributed by atoms with Gasteiger partial charge in [0.15, 0.2) is 0 Å². The standard InChI is InChI=1S/C18H26O3/c1-12-7-8-13-10-16-9-5-4-6-14(16)11-17(19,21-16)18(12,20)15(13,2)3/h7,11,13,19-20H,4-6,8-10H2,1-3H3/t13-,16-,17-,18+/m0/s1. The molecule has 3 nitrogen and oxygen atoms in total. The van der Waals surface area contributed by atoms with Crippen LogP contribution < -0.4 is 0 Å². The van der Waals surface area contributed by atoms with Gasteiger partial charge in [-0.15, -0.1) is 0 Å². The summed E-state index contributed by atoms with van der Waals surface area (Å²) in [5.74, 6) is -1.24. The van der Waals surface area contributed by atoms with Gasteiger partial charge in [0, 0.05) is 5.41 Å². The van der Waals surface area contributed by atoms with Gasteiger partial charge in [0.2, 0.25) is 5.79 Å². The third-order valence-electron chi connectivity index (χ3n) is 6.91. The van der Waals surface area contributed by atoms with Crippen LogP contribution in [0.15, 0.2) is 23.3 Å². The molecule has 2 heterocycles. The Labute approximate surface area is 126 Å². The Kier molecular flexibility index (Phi) is 2.54. The highest BCUT2D eigenvalue weighted by Crippen LogP contribution is 2.64. The third-order valence-corrected chi connectivity index (χ3v) is 6.91. The zero-order valence-corrected chi connectivity index (χ0v) is 13.3. The lowest BCUT2D eigenvalue weighted by atomic mass is 9.54. The smallest absolute Gasteiger partial charge is 0.220 e. The van der Waals surface area contributed by atoms with Crippen LogP contribution >= 0.6 is 0 Å². The first-order valence-corrected chi connectivity index (χ1v) is 8.30. The van der Waals surface area contributed by atoms with E-state index in [0.29, 0.717) is 5.92 Å². The molecule has 0 radical (unpaired) electrons. The molecule has 4 atom stereocenters. The van der Waals surface area contributed by atoms with Crippen molar-refractivity contribution in [1.82, 2.24) is 0 Å². The van der Waals surface area contributed by atoms with Crippen molar-refractivity contribution in [3.63, 3.8) is 0 Å². The van der Waals surface area contributed by atoms with E-state index in [9.17, 15) is 10.2 Å². The van der Waals surface area contributed by atoms with Gasteiger partial charge < -0.3 is 14.9 Å². The molecule has 4 rings (SSSR count). The fourth-order valence-electron chi connectivity index (χ4n) is 5.50. The summed E-state index contributed by atoms with van der Waals surface area (Å²) in [5, 5.41) is 22.9. The molecule has 1 saturated heterocycles. The molecule has 2 fully saturated rings. The van der Waals surface area contributed by atoms with E-state index in [4.69, 9.17) is 4.74 Å². The molecule has 0 unspecified atom stereocenters. The number of hydrogen-bond acceptors (Lipinski definition) is 3. The van der Waals surface area contributed by atoms with Gasteiger partial charge in [-0.1, -0.05) is 19.9 Å². The van der Waals surface area contributed by atoms with E-state index < -0.39 is 16.8 Å². The minimum atomic E-state index is -1.58. The molecule has 21 heavy (non-hydrogen) atoms. The minimum absolute atomic E-state index is 0.335. The summed E-state index contributed by atoms with van der Waals surface area (Å²) < 4.78 is 6.30.